The van der Waals surface area contributed by atoms with Gasteiger partial charge in [-0.1, -0.05) is 0 Å². The maximum absolute atomic E-state index is 9.91. The molecule has 8 N–H and O–H groups in total. The molecule has 10 atom stereocenters. The number of aliphatic hydroxyl groups excluding tert-OH is 8. The largest absolute Gasteiger partial charge is 0.394 e. The number of hydrogen-bond acceptors (Lipinski definition) is 16. The molecule has 3 heterocycles. The van der Waals surface area contributed by atoms with E-state index in [-0.39, 0.29) is 39.6 Å². The van der Waals surface area contributed by atoms with Gasteiger partial charge in [0.25, 0.3) is 0 Å². The molecule has 0 aromatic rings. The Labute approximate surface area is 200 Å². The predicted molar refractivity (Wildman–Crippen MR) is 109 cm³/mol. The number of hydrogen-bond donors (Lipinski definition) is 8. The van der Waals surface area contributed by atoms with Crippen LogP contribution in [0.2, 0.25) is 0 Å². The molecule has 204 valence electrons. The number of nitrogens with zero attached hydrogens (tertiary/aromatic N) is 2. The van der Waals surface area contributed by atoms with Gasteiger partial charge in [0, 0.05) is 0 Å². The minimum absolute atomic E-state index is 0.0213. The SMILES string of the molecule is OC[C@H]1O[C@H](OCCOCC2(COCCO[C@H]3O[C@H](CO)[C@@H](O)[C@H](O)[C@@H]3O)N=N2)[C@@H](O)[C@@H](O)[C@@H]1O. The van der Waals surface area contributed by atoms with E-state index in [9.17, 15) is 30.6 Å². The zero-order valence-corrected chi connectivity index (χ0v) is 18.9. The lowest BCUT2D eigenvalue weighted by Gasteiger charge is -2.39. The van der Waals surface area contributed by atoms with Crippen LogP contribution < -0.4 is 0 Å². The summed E-state index contributed by atoms with van der Waals surface area (Å²) < 4.78 is 32.0. The van der Waals surface area contributed by atoms with Crippen molar-refractivity contribution in [2.45, 2.75) is 67.1 Å². The third-order valence-electron chi connectivity index (χ3n) is 5.77. The molecule has 2 fully saturated rings. The summed E-state index contributed by atoms with van der Waals surface area (Å²) in [5.41, 5.74) is -0.883. The standard InChI is InChI=1S/C19H34N2O14/c22-5-9-11(24)13(26)15(28)17(34-9)32-3-1-30-7-19(20-21-19)8-31-2-4-33-18-16(29)14(27)12(25)10(6-23)35-18/h9-18,22-29H,1-8H2/t9-,10-,11-,12-,13+,14+,15+,16+,17+,18+/m1/s1. The molecule has 0 radical (unpaired) electrons. The molecular formula is C19H34N2O14. The third-order valence-corrected chi connectivity index (χ3v) is 5.77. The van der Waals surface area contributed by atoms with E-state index in [1.165, 1.54) is 0 Å². The summed E-state index contributed by atoms with van der Waals surface area (Å²) in [6, 6.07) is 0. The Bertz CT molecular complexity index is 615. The van der Waals surface area contributed by atoms with Gasteiger partial charge >= 0.3 is 0 Å². The molecule has 0 unspecified atom stereocenters. The first-order valence-corrected chi connectivity index (χ1v) is 11.2. The molecule has 3 aliphatic rings. The van der Waals surface area contributed by atoms with Gasteiger partial charge in [0.05, 0.1) is 52.9 Å². The van der Waals surface area contributed by atoms with Crippen LogP contribution in [-0.4, -0.2) is 161 Å². The van der Waals surface area contributed by atoms with Crippen molar-refractivity contribution in [1.29, 1.82) is 0 Å². The maximum atomic E-state index is 9.91. The van der Waals surface area contributed by atoms with Crippen LogP contribution in [0.15, 0.2) is 10.2 Å². The summed E-state index contributed by atoms with van der Waals surface area (Å²) in [4.78, 5) is 0. The summed E-state index contributed by atoms with van der Waals surface area (Å²) in [5, 5.41) is 84.9. The highest BCUT2D eigenvalue weighted by atomic mass is 16.7. The smallest absolute Gasteiger partial charge is 0.236 e. The third kappa shape index (κ3) is 7.30. The number of aliphatic hydroxyl groups is 8. The molecular weight excluding hydrogens is 480 g/mol. The van der Waals surface area contributed by atoms with Crippen LogP contribution in [0.25, 0.3) is 0 Å². The molecule has 0 aliphatic carbocycles. The van der Waals surface area contributed by atoms with E-state index < -0.39 is 80.3 Å². The number of ether oxygens (including phenoxy) is 6. The van der Waals surface area contributed by atoms with Crippen molar-refractivity contribution < 1.29 is 69.3 Å². The number of rotatable bonds is 14. The highest BCUT2D eigenvalue weighted by molar-refractivity contribution is 4.93. The molecule has 0 amide bonds. The van der Waals surface area contributed by atoms with Crippen LogP contribution >= 0.6 is 0 Å². The van der Waals surface area contributed by atoms with Crippen LogP contribution in [0, 0.1) is 0 Å². The van der Waals surface area contributed by atoms with E-state index in [0.29, 0.717) is 0 Å². The van der Waals surface area contributed by atoms with Crippen molar-refractivity contribution >= 4 is 0 Å². The molecule has 3 aliphatic heterocycles. The van der Waals surface area contributed by atoms with Crippen molar-refractivity contribution in [1.82, 2.24) is 0 Å². The lowest BCUT2D eigenvalue weighted by atomic mass is 9.99. The lowest BCUT2D eigenvalue weighted by molar-refractivity contribution is -0.302. The first-order chi connectivity index (χ1) is 16.7. The Hall–Kier alpha value is -0.960. The van der Waals surface area contributed by atoms with Crippen LogP contribution in [0.3, 0.4) is 0 Å². The average molecular weight is 514 g/mol. The zero-order valence-electron chi connectivity index (χ0n) is 18.9. The Morgan fingerprint density at radius 2 is 0.971 bits per heavy atom. The second kappa shape index (κ2) is 13.0. The van der Waals surface area contributed by atoms with E-state index in [0.717, 1.165) is 0 Å². The van der Waals surface area contributed by atoms with E-state index in [1.54, 1.807) is 0 Å². The van der Waals surface area contributed by atoms with Gasteiger partial charge in [0.2, 0.25) is 5.66 Å². The summed E-state index contributed by atoms with van der Waals surface area (Å²) in [6.45, 7) is -0.846. The Kier molecular flexibility index (Phi) is 10.6. The van der Waals surface area contributed by atoms with Gasteiger partial charge in [-0.2, -0.15) is 10.2 Å². The van der Waals surface area contributed by atoms with Crippen molar-refractivity contribution in [2.75, 3.05) is 52.9 Å². The summed E-state index contributed by atoms with van der Waals surface area (Å²) in [7, 11) is 0. The van der Waals surface area contributed by atoms with Crippen LogP contribution in [0.1, 0.15) is 0 Å². The molecule has 3 rings (SSSR count). The lowest BCUT2D eigenvalue weighted by Crippen LogP contribution is -2.59. The van der Waals surface area contributed by atoms with E-state index >= 15 is 0 Å². The molecule has 16 heteroatoms. The van der Waals surface area contributed by atoms with Crippen molar-refractivity contribution in [3.05, 3.63) is 0 Å². The van der Waals surface area contributed by atoms with Crippen molar-refractivity contribution in [2.24, 2.45) is 10.2 Å². The molecule has 0 spiro atoms. The minimum Gasteiger partial charge on any atom is -0.394 e. The van der Waals surface area contributed by atoms with Crippen LogP contribution in [0.5, 0.6) is 0 Å². The summed E-state index contributed by atoms with van der Waals surface area (Å²) in [5.74, 6) is 0. The van der Waals surface area contributed by atoms with Crippen molar-refractivity contribution in [3.63, 3.8) is 0 Å². The fourth-order valence-electron chi connectivity index (χ4n) is 3.56. The first kappa shape index (κ1) is 28.6. The molecule has 0 aromatic carbocycles. The minimum atomic E-state index is -1.53. The zero-order chi connectivity index (χ0) is 25.6. The molecule has 0 bridgehead atoms. The molecule has 0 saturated carbocycles. The van der Waals surface area contributed by atoms with Gasteiger partial charge in [0.15, 0.2) is 12.6 Å². The van der Waals surface area contributed by atoms with Gasteiger partial charge < -0.3 is 69.3 Å². The second-order valence-corrected chi connectivity index (χ2v) is 8.42. The fourth-order valence-corrected chi connectivity index (χ4v) is 3.56. The maximum Gasteiger partial charge on any atom is 0.236 e. The van der Waals surface area contributed by atoms with Crippen LogP contribution in [0.4, 0.5) is 0 Å². The van der Waals surface area contributed by atoms with E-state index in [2.05, 4.69) is 10.2 Å². The molecule has 0 aromatic heterocycles. The van der Waals surface area contributed by atoms with Gasteiger partial charge in [-0.3, -0.25) is 0 Å². The highest BCUT2D eigenvalue weighted by Gasteiger charge is 2.45. The first-order valence-electron chi connectivity index (χ1n) is 11.2. The van der Waals surface area contributed by atoms with E-state index in [1.807, 2.05) is 0 Å². The average Bonchev–Trinajstić information content (AvgIpc) is 3.63. The highest BCUT2D eigenvalue weighted by Crippen LogP contribution is 2.29. The van der Waals surface area contributed by atoms with E-state index in [4.69, 9.17) is 38.6 Å². The van der Waals surface area contributed by atoms with Gasteiger partial charge in [-0.05, 0) is 0 Å². The monoisotopic (exact) mass is 514 g/mol. The topological polar surface area (TPSA) is 242 Å². The van der Waals surface area contributed by atoms with Gasteiger partial charge in [-0.15, -0.1) is 0 Å². The Morgan fingerprint density at radius 3 is 1.31 bits per heavy atom. The normalized spacial score (nSPS) is 40.7. The Balaban J connectivity index is 1.26. The molecule has 2 saturated heterocycles. The Morgan fingerprint density at radius 1 is 0.571 bits per heavy atom. The predicted octanol–water partition coefficient (Wildman–Crippen LogP) is -5.19. The summed E-state index contributed by atoms with van der Waals surface area (Å²) in [6.07, 6.45) is -13.6. The van der Waals surface area contributed by atoms with Gasteiger partial charge in [-0.25, -0.2) is 0 Å². The van der Waals surface area contributed by atoms with Crippen molar-refractivity contribution in [3.8, 4) is 0 Å². The molecule has 35 heavy (non-hydrogen) atoms. The second-order valence-electron chi connectivity index (χ2n) is 8.42. The van der Waals surface area contributed by atoms with Gasteiger partial charge in [0.1, 0.15) is 48.8 Å². The molecule has 16 nitrogen and oxygen atoms in total. The fraction of sp³-hybridized carbons (Fsp3) is 1.00. The quantitative estimate of drug-likeness (QED) is 0.101. The summed E-state index contributed by atoms with van der Waals surface area (Å²) >= 11 is 0. The van der Waals surface area contributed by atoms with Crippen LogP contribution in [-0.2, 0) is 28.4 Å².